The highest BCUT2D eigenvalue weighted by atomic mass is 16.1. The van der Waals surface area contributed by atoms with E-state index in [9.17, 15) is 4.79 Å². The second-order valence-corrected chi connectivity index (χ2v) is 9.27. The third kappa shape index (κ3) is 5.27. The predicted octanol–water partition coefficient (Wildman–Crippen LogP) is 3.62. The van der Waals surface area contributed by atoms with Crippen molar-refractivity contribution in [1.82, 2.24) is 34.8 Å². The number of nitrogens with one attached hydrogen (secondary N) is 2. The summed E-state index contributed by atoms with van der Waals surface area (Å²) in [5, 5.41) is 19.8. The molecular weight excluding hydrogens is 442 g/mol. The summed E-state index contributed by atoms with van der Waals surface area (Å²) in [5.41, 5.74) is 2.89. The molecule has 1 aromatic carbocycles. The number of carbonyl (C=O) groups excluding carboxylic acids is 1. The van der Waals surface area contributed by atoms with E-state index in [4.69, 9.17) is 4.98 Å². The lowest BCUT2D eigenvalue weighted by atomic mass is 10.1. The van der Waals surface area contributed by atoms with Crippen molar-refractivity contribution in [3.8, 4) is 11.3 Å². The van der Waals surface area contributed by atoms with E-state index in [0.29, 0.717) is 17.4 Å². The number of carbonyl (C=O) groups is 1. The third-order valence-electron chi connectivity index (χ3n) is 6.22. The number of amides is 1. The average molecular weight is 472 g/mol. The Morgan fingerprint density at radius 2 is 1.89 bits per heavy atom. The highest BCUT2D eigenvalue weighted by Gasteiger charge is 2.17. The average Bonchev–Trinajstić information content (AvgIpc) is 3.36. The molecule has 0 bridgehead atoms. The topological polar surface area (TPSA) is 114 Å². The minimum absolute atomic E-state index is 0.177. The molecule has 0 spiro atoms. The summed E-state index contributed by atoms with van der Waals surface area (Å²) in [5.74, 6) is 0.876. The predicted molar refractivity (Wildman–Crippen MR) is 135 cm³/mol. The molecule has 4 aromatic rings. The number of fused-ring (bicyclic) bond motifs is 1. The number of anilines is 2. The van der Waals surface area contributed by atoms with E-state index in [1.165, 1.54) is 0 Å². The molecule has 1 amide bonds. The van der Waals surface area contributed by atoms with E-state index in [2.05, 4.69) is 42.9 Å². The molecule has 0 saturated carbocycles. The van der Waals surface area contributed by atoms with Crippen molar-refractivity contribution in [2.45, 2.75) is 38.8 Å². The molecule has 10 nitrogen and oxygen atoms in total. The fourth-order valence-electron chi connectivity index (χ4n) is 4.13. The maximum atomic E-state index is 12.6. The van der Waals surface area contributed by atoms with Crippen molar-refractivity contribution in [2.24, 2.45) is 0 Å². The van der Waals surface area contributed by atoms with Gasteiger partial charge in [0.25, 0.3) is 5.91 Å². The van der Waals surface area contributed by atoms with Crippen LogP contribution >= 0.6 is 0 Å². The first-order valence-corrected chi connectivity index (χ1v) is 11.8. The molecule has 1 fully saturated rings. The molecule has 0 atom stereocenters. The number of rotatable bonds is 6. The zero-order valence-electron chi connectivity index (χ0n) is 20.1. The van der Waals surface area contributed by atoms with Crippen molar-refractivity contribution in [3.05, 3.63) is 54.6 Å². The van der Waals surface area contributed by atoms with Crippen LogP contribution in [0.5, 0.6) is 0 Å². The Kier molecular flexibility index (Phi) is 6.37. The van der Waals surface area contributed by atoms with Crippen LogP contribution < -0.4 is 10.6 Å². The zero-order chi connectivity index (χ0) is 24.4. The summed E-state index contributed by atoms with van der Waals surface area (Å²) >= 11 is 0. The van der Waals surface area contributed by atoms with Gasteiger partial charge in [-0.2, -0.15) is 5.10 Å². The molecule has 0 radical (unpaired) electrons. The van der Waals surface area contributed by atoms with Gasteiger partial charge in [-0.15, -0.1) is 10.2 Å². The fraction of sp³-hybridized carbons (Fsp3) is 0.360. The Labute approximate surface area is 203 Å². The van der Waals surface area contributed by atoms with Crippen LogP contribution in [0.25, 0.3) is 22.2 Å². The lowest BCUT2D eigenvalue weighted by Crippen LogP contribution is -2.36. The lowest BCUT2D eigenvalue weighted by molar-refractivity contribution is 0.102. The van der Waals surface area contributed by atoms with Crippen LogP contribution in [-0.2, 0) is 0 Å². The van der Waals surface area contributed by atoms with Gasteiger partial charge >= 0.3 is 0 Å². The van der Waals surface area contributed by atoms with Crippen LogP contribution in [0.4, 0.5) is 11.6 Å². The number of likely N-dealkylation sites (tertiary alicyclic amines) is 1. The zero-order valence-corrected chi connectivity index (χ0v) is 20.1. The Balaban J connectivity index is 1.34. The van der Waals surface area contributed by atoms with Gasteiger partial charge in [-0.1, -0.05) is 6.07 Å². The van der Waals surface area contributed by atoms with Gasteiger partial charge in [0.2, 0.25) is 0 Å². The first-order chi connectivity index (χ1) is 16.9. The summed E-state index contributed by atoms with van der Waals surface area (Å²) in [7, 11) is 2.15. The van der Waals surface area contributed by atoms with E-state index in [0.717, 1.165) is 53.9 Å². The van der Waals surface area contributed by atoms with Crippen molar-refractivity contribution < 1.29 is 4.79 Å². The van der Waals surface area contributed by atoms with Crippen molar-refractivity contribution in [2.75, 3.05) is 30.8 Å². The molecule has 180 valence electrons. The smallest absolute Gasteiger partial charge is 0.260 e. The van der Waals surface area contributed by atoms with E-state index in [1.54, 1.807) is 29.5 Å². The first-order valence-electron chi connectivity index (χ1n) is 11.8. The summed E-state index contributed by atoms with van der Waals surface area (Å²) < 4.78 is 1.74. The molecule has 2 N–H and O–H groups in total. The number of piperidine rings is 1. The molecule has 4 heterocycles. The molecule has 35 heavy (non-hydrogen) atoms. The molecule has 10 heteroatoms. The Bertz CT molecular complexity index is 1340. The lowest BCUT2D eigenvalue weighted by Gasteiger charge is -2.29. The number of hydrogen-bond donors (Lipinski definition) is 2. The molecule has 5 rings (SSSR count). The molecule has 3 aromatic heterocycles. The normalized spacial score (nSPS) is 15.0. The van der Waals surface area contributed by atoms with Gasteiger partial charge in [-0.05, 0) is 65.0 Å². The molecule has 0 unspecified atom stereocenters. The number of benzene rings is 1. The van der Waals surface area contributed by atoms with Gasteiger partial charge in [0, 0.05) is 29.2 Å². The Morgan fingerprint density at radius 1 is 1.06 bits per heavy atom. The summed E-state index contributed by atoms with van der Waals surface area (Å²) in [6.07, 6.45) is 8.97. The van der Waals surface area contributed by atoms with E-state index >= 15 is 0 Å². The van der Waals surface area contributed by atoms with Gasteiger partial charge < -0.3 is 15.5 Å². The monoisotopic (exact) mass is 471 g/mol. The largest absolute Gasteiger partial charge is 0.366 e. The first kappa shape index (κ1) is 22.9. The van der Waals surface area contributed by atoms with Crippen molar-refractivity contribution in [3.63, 3.8) is 0 Å². The van der Waals surface area contributed by atoms with E-state index < -0.39 is 0 Å². The highest BCUT2D eigenvalue weighted by Crippen LogP contribution is 2.24. The molecule has 1 aliphatic rings. The molecule has 1 saturated heterocycles. The van der Waals surface area contributed by atoms with E-state index in [1.807, 2.05) is 38.1 Å². The van der Waals surface area contributed by atoms with Crippen molar-refractivity contribution in [1.29, 1.82) is 0 Å². The third-order valence-corrected chi connectivity index (χ3v) is 6.22. The minimum Gasteiger partial charge on any atom is -0.366 e. The fourth-order valence-corrected chi connectivity index (χ4v) is 4.13. The summed E-state index contributed by atoms with van der Waals surface area (Å²) in [6.45, 7) is 6.17. The maximum absolute atomic E-state index is 12.6. The SMILES string of the molecule is CC(C)n1cc(C(=O)Nc2cc3cc(-c4cncc(NC5CCN(C)CC5)n4)ccc3nn2)cn1. The van der Waals surface area contributed by atoms with Crippen LogP contribution in [0, 0.1) is 0 Å². The van der Waals surface area contributed by atoms with Gasteiger partial charge in [-0.3, -0.25) is 14.5 Å². The molecular formula is C25H29N9O. The van der Waals surface area contributed by atoms with Gasteiger partial charge in [0.15, 0.2) is 5.82 Å². The quantitative estimate of drug-likeness (QED) is 0.438. The Morgan fingerprint density at radius 3 is 2.66 bits per heavy atom. The van der Waals surface area contributed by atoms with E-state index in [-0.39, 0.29) is 11.9 Å². The second-order valence-electron chi connectivity index (χ2n) is 9.27. The van der Waals surface area contributed by atoms with Gasteiger partial charge in [0.05, 0.1) is 35.4 Å². The van der Waals surface area contributed by atoms with Crippen LogP contribution in [0.3, 0.4) is 0 Å². The van der Waals surface area contributed by atoms with Crippen LogP contribution in [0.1, 0.15) is 43.1 Å². The van der Waals surface area contributed by atoms with Crippen molar-refractivity contribution >= 4 is 28.4 Å². The molecule has 1 aliphatic heterocycles. The number of aromatic nitrogens is 6. The number of nitrogens with zero attached hydrogens (tertiary/aromatic N) is 7. The highest BCUT2D eigenvalue weighted by molar-refractivity contribution is 6.04. The van der Waals surface area contributed by atoms with Gasteiger partial charge in [-0.25, -0.2) is 4.98 Å². The standard InChI is InChI=1S/C25H29N9O/c1-16(2)34-15-19(12-27-34)25(35)30-23-11-18-10-17(4-5-21(18)31-32-23)22-13-26-14-24(29-22)28-20-6-8-33(3)9-7-20/h4-5,10-16,20H,6-9H2,1-3H3,(H,28,29)(H,30,32,35). The van der Waals surface area contributed by atoms with Gasteiger partial charge in [0.1, 0.15) is 5.82 Å². The summed E-state index contributed by atoms with van der Waals surface area (Å²) in [6, 6.07) is 8.23. The minimum atomic E-state index is -0.278. The molecule has 0 aliphatic carbocycles. The van der Waals surface area contributed by atoms with Crippen LogP contribution in [-0.4, -0.2) is 66.9 Å². The second kappa shape index (κ2) is 9.75. The van der Waals surface area contributed by atoms with Crippen LogP contribution in [0.15, 0.2) is 49.1 Å². The number of hydrogen-bond acceptors (Lipinski definition) is 8. The van der Waals surface area contributed by atoms with Crippen LogP contribution in [0.2, 0.25) is 0 Å². The maximum Gasteiger partial charge on any atom is 0.260 e. The Hall–Kier alpha value is -3.92. The summed E-state index contributed by atoms with van der Waals surface area (Å²) in [4.78, 5) is 24.2.